The number of ether oxygens (including phenoxy) is 1. The van der Waals surface area contributed by atoms with E-state index in [0.29, 0.717) is 0 Å². The molecule has 14 heavy (non-hydrogen) atoms. The molecule has 0 atom stereocenters. The Hall–Kier alpha value is -1.63. The van der Waals surface area contributed by atoms with Gasteiger partial charge in [0.15, 0.2) is 17.2 Å². The molecule has 0 amide bonds. The van der Waals surface area contributed by atoms with Gasteiger partial charge in [0.05, 0.1) is 0 Å². The Morgan fingerprint density at radius 1 is 1.29 bits per heavy atom. The van der Waals surface area contributed by atoms with Gasteiger partial charge in [-0.3, -0.25) is 0 Å². The molecule has 0 aliphatic heterocycles. The highest BCUT2D eigenvalue weighted by Gasteiger charge is 2.18. The molecule has 0 saturated heterocycles. The lowest BCUT2D eigenvalue weighted by atomic mass is 10.2. The molecule has 4 heteroatoms. The molecule has 1 aromatic carbocycles. The van der Waals surface area contributed by atoms with Crippen LogP contribution in [0.2, 0.25) is 0 Å². The van der Waals surface area contributed by atoms with Crippen LogP contribution in [0.4, 0.5) is 8.78 Å². The molecular weight excluding hydrogens is 188 g/mol. The Kier molecular flexibility index (Phi) is 2.70. The molecule has 1 rings (SSSR count). The van der Waals surface area contributed by atoms with Gasteiger partial charge in [0.25, 0.3) is 0 Å². The van der Waals surface area contributed by atoms with Crippen LogP contribution in [0, 0.1) is 23.0 Å². The van der Waals surface area contributed by atoms with E-state index in [4.69, 9.17) is 10.00 Å². The van der Waals surface area contributed by atoms with Crippen LogP contribution < -0.4 is 4.74 Å². The monoisotopic (exact) mass is 197 g/mol. The third-order valence-corrected chi connectivity index (χ3v) is 1.53. The van der Waals surface area contributed by atoms with Crippen LogP contribution >= 0.6 is 0 Å². The minimum absolute atomic E-state index is 0.135. The number of nitrogens with zero attached hydrogens (tertiary/aromatic N) is 1. The lowest BCUT2D eigenvalue weighted by Crippen LogP contribution is -2.25. The van der Waals surface area contributed by atoms with Gasteiger partial charge < -0.3 is 4.74 Å². The normalized spacial score (nSPS) is 10.8. The molecule has 0 aromatic heterocycles. The molecule has 0 fully saturated rings. The van der Waals surface area contributed by atoms with E-state index in [9.17, 15) is 8.78 Å². The molecule has 0 aliphatic rings. The highest BCUT2D eigenvalue weighted by atomic mass is 19.2. The summed E-state index contributed by atoms with van der Waals surface area (Å²) in [5, 5.41) is 8.64. The number of benzene rings is 1. The van der Waals surface area contributed by atoms with E-state index < -0.39 is 17.2 Å². The van der Waals surface area contributed by atoms with Gasteiger partial charge in [-0.1, -0.05) is 0 Å². The van der Waals surface area contributed by atoms with Crippen LogP contribution in [0.5, 0.6) is 5.75 Å². The van der Waals surface area contributed by atoms with Crippen molar-refractivity contribution in [1.82, 2.24) is 0 Å². The molecule has 0 saturated carbocycles. The Bertz CT molecular complexity index is 382. The lowest BCUT2D eigenvalue weighted by molar-refractivity contribution is 0.169. The maximum Gasteiger partial charge on any atom is 0.188 e. The molecule has 0 N–H and O–H groups in total. The van der Waals surface area contributed by atoms with Gasteiger partial charge in [-0.15, -0.1) is 0 Å². The second-order valence-corrected chi connectivity index (χ2v) is 3.30. The number of hydrogen-bond acceptors (Lipinski definition) is 2. The van der Waals surface area contributed by atoms with Crippen molar-refractivity contribution in [3.8, 4) is 11.8 Å². The fraction of sp³-hybridized carbons (Fsp3) is 0.300. The SMILES string of the molecule is CC(C)(C#N)Oc1ccc(F)c(F)c1. The third kappa shape index (κ3) is 2.43. The van der Waals surface area contributed by atoms with E-state index >= 15 is 0 Å². The van der Waals surface area contributed by atoms with Crippen molar-refractivity contribution in [3.63, 3.8) is 0 Å². The number of nitriles is 1. The van der Waals surface area contributed by atoms with Crippen LogP contribution in [-0.2, 0) is 0 Å². The van der Waals surface area contributed by atoms with E-state index in [0.717, 1.165) is 12.1 Å². The highest BCUT2D eigenvalue weighted by molar-refractivity contribution is 5.25. The summed E-state index contributed by atoms with van der Waals surface area (Å²) in [4.78, 5) is 0. The van der Waals surface area contributed by atoms with Crippen LogP contribution in [0.25, 0.3) is 0 Å². The molecule has 0 heterocycles. The maximum absolute atomic E-state index is 12.7. The van der Waals surface area contributed by atoms with Crippen LogP contribution in [-0.4, -0.2) is 5.60 Å². The molecule has 0 spiro atoms. The van der Waals surface area contributed by atoms with Crippen LogP contribution in [0.1, 0.15) is 13.8 Å². The summed E-state index contributed by atoms with van der Waals surface area (Å²) < 4.78 is 30.4. The van der Waals surface area contributed by atoms with E-state index in [1.54, 1.807) is 0 Å². The van der Waals surface area contributed by atoms with Gasteiger partial charge in [-0.2, -0.15) is 5.26 Å². The van der Waals surface area contributed by atoms with Crippen LogP contribution in [0.15, 0.2) is 18.2 Å². The molecule has 0 radical (unpaired) electrons. The smallest absolute Gasteiger partial charge is 0.188 e. The van der Waals surface area contributed by atoms with Crippen molar-refractivity contribution in [2.24, 2.45) is 0 Å². The molecule has 0 unspecified atom stereocenters. The second-order valence-electron chi connectivity index (χ2n) is 3.30. The Balaban J connectivity index is 2.90. The zero-order valence-corrected chi connectivity index (χ0v) is 7.84. The van der Waals surface area contributed by atoms with E-state index in [1.807, 2.05) is 6.07 Å². The fourth-order valence-electron chi connectivity index (χ4n) is 0.858. The first-order valence-electron chi connectivity index (χ1n) is 4.00. The molecule has 1 aromatic rings. The fourth-order valence-corrected chi connectivity index (χ4v) is 0.858. The van der Waals surface area contributed by atoms with Gasteiger partial charge in [0.2, 0.25) is 0 Å². The quantitative estimate of drug-likeness (QED) is 0.730. The van der Waals surface area contributed by atoms with Gasteiger partial charge in [-0.05, 0) is 26.0 Å². The third-order valence-electron chi connectivity index (χ3n) is 1.53. The Morgan fingerprint density at radius 3 is 2.43 bits per heavy atom. The van der Waals surface area contributed by atoms with Gasteiger partial charge >= 0.3 is 0 Å². The van der Waals surface area contributed by atoms with Crippen molar-refractivity contribution in [2.75, 3.05) is 0 Å². The topological polar surface area (TPSA) is 33.0 Å². The van der Waals surface area contributed by atoms with Crippen molar-refractivity contribution in [1.29, 1.82) is 5.26 Å². The van der Waals surface area contributed by atoms with E-state index in [2.05, 4.69) is 0 Å². The number of rotatable bonds is 2. The summed E-state index contributed by atoms with van der Waals surface area (Å²) in [6.45, 7) is 3.07. The number of hydrogen-bond donors (Lipinski definition) is 0. The molecule has 74 valence electrons. The zero-order valence-electron chi connectivity index (χ0n) is 7.84. The average Bonchev–Trinajstić information content (AvgIpc) is 2.11. The summed E-state index contributed by atoms with van der Waals surface area (Å²) in [5.74, 6) is -1.79. The molecular formula is C10H9F2NO. The summed E-state index contributed by atoms with van der Waals surface area (Å²) in [7, 11) is 0. The Morgan fingerprint density at radius 2 is 1.93 bits per heavy atom. The highest BCUT2D eigenvalue weighted by Crippen LogP contribution is 2.20. The standard InChI is InChI=1S/C10H9F2NO/c1-10(2,6-13)14-7-3-4-8(11)9(12)5-7/h3-5H,1-2H3. The lowest BCUT2D eigenvalue weighted by Gasteiger charge is -2.17. The van der Waals surface area contributed by atoms with Crippen molar-refractivity contribution >= 4 is 0 Å². The predicted molar refractivity (Wildman–Crippen MR) is 46.7 cm³/mol. The van der Waals surface area contributed by atoms with Crippen molar-refractivity contribution < 1.29 is 13.5 Å². The largest absolute Gasteiger partial charge is 0.473 e. The van der Waals surface area contributed by atoms with Gasteiger partial charge in [-0.25, -0.2) is 8.78 Å². The first-order chi connectivity index (χ1) is 6.44. The Labute approximate surface area is 80.7 Å². The van der Waals surface area contributed by atoms with Crippen LogP contribution in [0.3, 0.4) is 0 Å². The van der Waals surface area contributed by atoms with E-state index in [1.165, 1.54) is 19.9 Å². The minimum Gasteiger partial charge on any atom is -0.473 e. The van der Waals surface area contributed by atoms with Crippen molar-refractivity contribution in [3.05, 3.63) is 29.8 Å². The molecule has 0 aliphatic carbocycles. The molecule has 0 bridgehead atoms. The molecule has 2 nitrogen and oxygen atoms in total. The zero-order chi connectivity index (χ0) is 10.8. The maximum atomic E-state index is 12.7. The number of halogens is 2. The summed E-state index contributed by atoms with van der Waals surface area (Å²) >= 11 is 0. The summed E-state index contributed by atoms with van der Waals surface area (Å²) in [5.41, 5.74) is -1.05. The summed E-state index contributed by atoms with van der Waals surface area (Å²) in [6, 6.07) is 5.03. The van der Waals surface area contributed by atoms with Gasteiger partial charge in [0, 0.05) is 6.07 Å². The average molecular weight is 197 g/mol. The predicted octanol–water partition coefficient (Wildman–Crippen LogP) is 2.65. The summed E-state index contributed by atoms with van der Waals surface area (Å²) in [6.07, 6.45) is 0. The first kappa shape index (κ1) is 10.5. The first-order valence-corrected chi connectivity index (χ1v) is 4.00. The van der Waals surface area contributed by atoms with Crippen molar-refractivity contribution in [2.45, 2.75) is 19.4 Å². The van der Waals surface area contributed by atoms with E-state index in [-0.39, 0.29) is 5.75 Å². The van der Waals surface area contributed by atoms with Gasteiger partial charge in [0.1, 0.15) is 11.8 Å². The second kappa shape index (κ2) is 3.62. The minimum atomic E-state index is -1.05.